The van der Waals surface area contributed by atoms with E-state index in [1.54, 1.807) is 18.2 Å². The van der Waals surface area contributed by atoms with Gasteiger partial charge in [-0.1, -0.05) is 12.1 Å². The van der Waals surface area contributed by atoms with Crippen LogP contribution >= 0.6 is 12.2 Å². The average molecular weight is 359 g/mol. The molecule has 1 unspecified atom stereocenters. The van der Waals surface area contributed by atoms with Crippen LogP contribution < -0.4 is 10.6 Å². The second-order valence-electron chi connectivity index (χ2n) is 6.74. The lowest BCUT2D eigenvalue weighted by Gasteiger charge is -2.49. The van der Waals surface area contributed by atoms with Gasteiger partial charge in [0, 0.05) is 24.8 Å². The van der Waals surface area contributed by atoms with E-state index < -0.39 is 0 Å². The third kappa shape index (κ3) is 4.19. The molecule has 0 saturated carbocycles. The number of ether oxygens (including phenoxy) is 1. The van der Waals surface area contributed by atoms with Crippen molar-refractivity contribution in [1.82, 2.24) is 10.2 Å². The van der Waals surface area contributed by atoms with E-state index in [4.69, 9.17) is 17.0 Å². The van der Waals surface area contributed by atoms with Crippen LogP contribution in [0.2, 0.25) is 0 Å². The Morgan fingerprint density at radius 2 is 2.36 bits per heavy atom. The molecular formula is C19H25N3O2S. The van der Waals surface area contributed by atoms with Crippen LogP contribution in [0.3, 0.4) is 0 Å². The molecule has 1 aromatic carbocycles. The van der Waals surface area contributed by atoms with Gasteiger partial charge in [-0.3, -0.25) is 4.90 Å². The maximum atomic E-state index is 11.6. The Morgan fingerprint density at radius 3 is 3.04 bits per heavy atom. The predicted molar refractivity (Wildman–Crippen MR) is 104 cm³/mol. The smallest absolute Gasteiger partial charge is 0.337 e. The lowest BCUT2D eigenvalue weighted by atomic mass is 9.76. The van der Waals surface area contributed by atoms with Crippen molar-refractivity contribution < 1.29 is 9.53 Å². The van der Waals surface area contributed by atoms with E-state index in [9.17, 15) is 4.79 Å². The maximum Gasteiger partial charge on any atom is 0.337 e. The number of piperidine rings is 3. The summed E-state index contributed by atoms with van der Waals surface area (Å²) in [5.74, 6) is 1.04. The van der Waals surface area contributed by atoms with E-state index >= 15 is 0 Å². The average Bonchev–Trinajstić information content (AvgIpc) is 2.66. The molecule has 4 rings (SSSR count). The number of fused-ring (bicyclic) bond motifs is 3. The molecule has 3 fully saturated rings. The van der Waals surface area contributed by atoms with E-state index in [0.717, 1.165) is 24.7 Å². The highest BCUT2D eigenvalue weighted by atomic mass is 32.1. The lowest BCUT2D eigenvalue weighted by molar-refractivity contribution is 0.0215. The van der Waals surface area contributed by atoms with Crippen LogP contribution in [-0.2, 0) is 4.74 Å². The predicted octanol–water partition coefficient (Wildman–Crippen LogP) is 2.66. The first-order valence-electron chi connectivity index (χ1n) is 8.70. The van der Waals surface area contributed by atoms with Crippen molar-refractivity contribution >= 4 is 29.0 Å². The van der Waals surface area contributed by atoms with Crippen molar-refractivity contribution in [3.63, 3.8) is 0 Å². The van der Waals surface area contributed by atoms with E-state index in [2.05, 4.69) is 28.2 Å². The first-order chi connectivity index (χ1) is 12.1. The molecule has 0 spiro atoms. The molecule has 5 nitrogen and oxygen atoms in total. The standard InChI is InChI=1S/C19H25N3O2S/c1-3-13-12-22-8-7-14(13)10-17(22)11-20-19(25)21-16-6-4-5-15(9-16)18(23)24-2/h3-6,9,13-14,17H,1,7-8,10-12H2,2H3,(H2,20,21,25)/t13-,14+,17+/m0/s1. The second-order valence-corrected chi connectivity index (χ2v) is 7.15. The zero-order valence-corrected chi connectivity index (χ0v) is 15.3. The van der Waals surface area contributed by atoms with Gasteiger partial charge < -0.3 is 15.4 Å². The molecule has 4 atom stereocenters. The molecule has 3 aliphatic heterocycles. The van der Waals surface area contributed by atoms with Crippen molar-refractivity contribution in [2.24, 2.45) is 11.8 Å². The Labute approximate surface area is 154 Å². The number of rotatable bonds is 5. The highest BCUT2D eigenvalue weighted by molar-refractivity contribution is 7.80. The topological polar surface area (TPSA) is 53.6 Å². The van der Waals surface area contributed by atoms with Crippen molar-refractivity contribution in [3.8, 4) is 0 Å². The van der Waals surface area contributed by atoms with Gasteiger partial charge in [0.2, 0.25) is 0 Å². The number of carbonyl (C=O) groups is 1. The number of anilines is 1. The Bertz CT molecular complexity index is 664. The summed E-state index contributed by atoms with van der Waals surface area (Å²) in [6, 6.07) is 7.66. The molecule has 0 aliphatic carbocycles. The number of esters is 1. The number of carbonyl (C=O) groups excluding carboxylic acids is 1. The Morgan fingerprint density at radius 1 is 1.52 bits per heavy atom. The minimum atomic E-state index is -0.356. The molecule has 3 aliphatic rings. The van der Waals surface area contributed by atoms with Gasteiger partial charge >= 0.3 is 5.97 Å². The van der Waals surface area contributed by atoms with Gasteiger partial charge in [0.1, 0.15) is 0 Å². The van der Waals surface area contributed by atoms with Crippen LogP contribution in [0.1, 0.15) is 23.2 Å². The number of hydrogen-bond donors (Lipinski definition) is 2. The molecule has 0 aromatic heterocycles. The first-order valence-corrected chi connectivity index (χ1v) is 9.11. The molecule has 2 bridgehead atoms. The van der Waals surface area contributed by atoms with Crippen molar-refractivity contribution in [1.29, 1.82) is 0 Å². The zero-order chi connectivity index (χ0) is 17.8. The van der Waals surface area contributed by atoms with E-state index in [-0.39, 0.29) is 5.97 Å². The number of benzene rings is 1. The number of hydrogen-bond acceptors (Lipinski definition) is 4. The van der Waals surface area contributed by atoms with Crippen molar-refractivity contribution in [3.05, 3.63) is 42.5 Å². The number of nitrogens with one attached hydrogen (secondary N) is 2. The summed E-state index contributed by atoms with van der Waals surface area (Å²) in [4.78, 5) is 14.1. The maximum absolute atomic E-state index is 11.6. The highest BCUT2D eigenvalue weighted by Gasteiger charge is 2.38. The fourth-order valence-electron chi connectivity index (χ4n) is 3.89. The van der Waals surface area contributed by atoms with Crippen LogP contribution in [0, 0.1) is 11.8 Å². The van der Waals surface area contributed by atoms with Crippen LogP contribution in [0.4, 0.5) is 5.69 Å². The van der Waals surface area contributed by atoms with Gasteiger partial charge in [0.15, 0.2) is 5.11 Å². The number of methoxy groups -OCH3 is 1. The molecule has 1 aromatic rings. The summed E-state index contributed by atoms with van der Waals surface area (Å²) < 4.78 is 4.74. The van der Waals surface area contributed by atoms with Crippen LogP contribution in [0.15, 0.2) is 36.9 Å². The van der Waals surface area contributed by atoms with Crippen molar-refractivity contribution in [2.45, 2.75) is 18.9 Å². The van der Waals surface area contributed by atoms with Crippen LogP contribution in [-0.4, -0.2) is 48.8 Å². The molecule has 3 heterocycles. The van der Waals surface area contributed by atoms with Gasteiger partial charge in [-0.15, -0.1) is 6.58 Å². The van der Waals surface area contributed by atoms with E-state index in [0.29, 0.717) is 22.6 Å². The molecule has 134 valence electrons. The highest BCUT2D eigenvalue weighted by Crippen LogP contribution is 2.36. The summed E-state index contributed by atoms with van der Waals surface area (Å²) in [5, 5.41) is 7.03. The monoisotopic (exact) mass is 359 g/mol. The SMILES string of the molecule is C=C[C@H]1CN2CC[C@@H]1C[C@@H]2CNC(=S)Nc1cccc(C(=O)OC)c1. The largest absolute Gasteiger partial charge is 0.465 e. The fourth-order valence-corrected chi connectivity index (χ4v) is 4.09. The number of nitrogens with zero attached hydrogens (tertiary/aromatic N) is 1. The van der Waals surface area contributed by atoms with Gasteiger partial charge in [-0.2, -0.15) is 0 Å². The molecule has 0 amide bonds. The Kier molecular flexibility index (Phi) is 5.71. The van der Waals surface area contributed by atoms with Gasteiger partial charge in [0.05, 0.1) is 12.7 Å². The summed E-state index contributed by atoms with van der Waals surface area (Å²) in [6.07, 6.45) is 4.58. The minimum Gasteiger partial charge on any atom is -0.465 e. The normalized spacial score (nSPS) is 27.4. The third-order valence-electron chi connectivity index (χ3n) is 5.27. The lowest BCUT2D eigenvalue weighted by Crippen LogP contribution is -2.56. The third-order valence-corrected chi connectivity index (χ3v) is 5.52. The number of thiocarbonyl (C=S) groups is 1. The first kappa shape index (κ1) is 17.9. The van der Waals surface area contributed by atoms with Gasteiger partial charge in [0.25, 0.3) is 0 Å². The quantitative estimate of drug-likeness (QED) is 0.479. The van der Waals surface area contributed by atoms with E-state index in [1.165, 1.54) is 26.5 Å². The van der Waals surface area contributed by atoms with Gasteiger partial charge in [-0.05, 0) is 61.6 Å². The molecule has 25 heavy (non-hydrogen) atoms. The molecule has 3 saturated heterocycles. The summed E-state index contributed by atoms with van der Waals surface area (Å²) in [7, 11) is 1.37. The molecule has 2 N–H and O–H groups in total. The Balaban J connectivity index is 1.51. The Hall–Kier alpha value is -1.92. The van der Waals surface area contributed by atoms with Crippen LogP contribution in [0.25, 0.3) is 0 Å². The van der Waals surface area contributed by atoms with Crippen LogP contribution in [0.5, 0.6) is 0 Å². The van der Waals surface area contributed by atoms with E-state index in [1.807, 2.05) is 6.07 Å². The molecular weight excluding hydrogens is 334 g/mol. The molecule has 6 heteroatoms. The molecule has 0 radical (unpaired) electrons. The summed E-state index contributed by atoms with van der Waals surface area (Å²) >= 11 is 5.40. The van der Waals surface area contributed by atoms with Crippen molar-refractivity contribution in [2.75, 3.05) is 32.1 Å². The second kappa shape index (κ2) is 7.97. The fraction of sp³-hybridized carbons (Fsp3) is 0.474. The summed E-state index contributed by atoms with van der Waals surface area (Å²) in [6.45, 7) is 7.09. The summed E-state index contributed by atoms with van der Waals surface area (Å²) in [5.41, 5.74) is 1.28. The zero-order valence-electron chi connectivity index (χ0n) is 14.5. The minimum absolute atomic E-state index is 0.356. The van der Waals surface area contributed by atoms with Gasteiger partial charge in [-0.25, -0.2) is 4.79 Å².